The molecular formula is C14H20N2. The van der Waals surface area contributed by atoms with Gasteiger partial charge in [-0.1, -0.05) is 24.3 Å². The smallest absolute Gasteiger partial charge is 0.0442 e. The van der Waals surface area contributed by atoms with Gasteiger partial charge in [-0.3, -0.25) is 0 Å². The minimum absolute atomic E-state index is 0.393. The van der Waals surface area contributed by atoms with E-state index in [-0.39, 0.29) is 0 Å². The van der Waals surface area contributed by atoms with Crippen LogP contribution in [0, 0.1) is 0 Å². The molecule has 2 atom stereocenters. The summed E-state index contributed by atoms with van der Waals surface area (Å²) < 4.78 is 0. The summed E-state index contributed by atoms with van der Waals surface area (Å²) in [4.78, 5) is 2.42. The topological polar surface area (TPSA) is 29.3 Å². The molecular weight excluding hydrogens is 196 g/mol. The number of hydrogen-bond acceptors (Lipinski definition) is 2. The molecule has 0 aromatic heterocycles. The van der Waals surface area contributed by atoms with Crippen molar-refractivity contribution < 1.29 is 0 Å². The number of hydrogen-bond donors (Lipinski definition) is 1. The van der Waals surface area contributed by atoms with Crippen LogP contribution in [0.3, 0.4) is 0 Å². The minimum atomic E-state index is 0.393. The van der Waals surface area contributed by atoms with E-state index in [9.17, 15) is 0 Å². The largest absolute Gasteiger partial charge is 0.365 e. The van der Waals surface area contributed by atoms with Crippen LogP contribution in [0.15, 0.2) is 36.9 Å². The van der Waals surface area contributed by atoms with Crippen LogP contribution in [-0.2, 0) is 0 Å². The molecule has 86 valence electrons. The van der Waals surface area contributed by atoms with Gasteiger partial charge < -0.3 is 10.6 Å². The highest BCUT2D eigenvalue weighted by molar-refractivity contribution is 5.61. The van der Waals surface area contributed by atoms with Gasteiger partial charge >= 0.3 is 0 Å². The first kappa shape index (κ1) is 11.2. The zero-order chi connectivity index (χ0) is 11.5. The monoisotopic (exact) mass is 216 g/mol. The Kier molecular flexibility index (Phi) is 3.30. The van der Waals surface area contributed by atoms with Crippen LogP contribution in [0.25, 0.3) is 0 Å². The van der Waals surface area contributed by atoms with Gasteiger partial charge in [0.2, 0.25) is 0 Å². The Morgan fingerprint density at radius 2 is 2.31 bits per heavy atom. The minimum Gasteiger partial charge on any atom is -0.365 e. The summed E-state index contributed by atoms with van der Waals surface area (Å²) in [6, 6.07) is 9.04. The zero-order valence-electron chi connectivity index (χ0n) is 9.89. The normalized spacial score (nSPS) is 20.6. The molecule has 2 heteroatoms. The molecule has 0 saturated carbocycles. The fraction of sp³-hybridized carbons (Fsp3) is 0.429. The van der Waals surface area contributed by atoms with E-state index in [0.29, 0.717) is 12.0 Å². The van der Waals surface area contributed by atoms with Crippen LogP contribution in [-0.4, -0.2) is 19.1 Å². The van der Waals surface area contributed by atoms with Gasteiger partial charge in [-0.05, 0) is 31.5 Å². The van der Waals surface area contributed by atoms with Crippen molar-refractivity contribution in [3.8, 4) is 0 Å². The highest BCUT2D eigenvalue weighted by Gasteiger charge is 2.29. The Bertz CT molecular complexity index is 373. The lowest BCUT2D eigenvalue weighted by atomic mass is 9.98. The lowest BCUT2D eigenvalue weighted by molar-refractivity contribution is 0.629. The Morgan fingerprint density at radius 1 is 1.56 bits per heavy atom. The molecule has 1 aliphatic heterocycles. The van der Waals surface area contributed by atoms with E-state index in [1.807, 2.05) is 6.08 Å². The second kappa shape index (κ2) is 4.71. The van der Waals surface area contributed by atoms with Gasteiger partial charge in [0.05, 0.1) is 0 Å². The predicted molar refractivity (Wildman–Crippen MR) is 69.9 cm³/mol. The number of benzene rings is 1. The lowest BCUT2D eigenvalue weighted by Crippen LogP contribution is -2.30. The summed E-state index contributed by atoms with van der Waals surface area (Å²) in [5, 5.41) is 0. The highest BCUT2D eigenvalue weighted by atomic mass is 15.2. The van der Waals surface area contributed by atoms with Crippen molar-refractivity contribution in [2.45, 2.75) is 25.3 Å². The van der Waals surface area contributed by atoms with Crippen molar-refractivity contribution in [3.63, 3.8) is 0 Å². The Balaban J connectivity index is 2.31. The third-order valence-corrected chi connectivity index (χ3v) is 3.45. The van der Waals surface area contributed by atoms with Gasteiger partial charge in [0.1, 0.15) is 0 Å². The highest BCUT2D eigenvalue weighted by Crippen LogP contribution is 2.38. The maximum atomic E-state index is 5.68. The molecule has 0 spiro atoms. The fourth-order valence-electron chi connectivity index (χ4n) is 2.49. The van der Waals surface area contributed by atoms with E-state index in [0.717, 1.165) is 19.5 Å². The standard InChI is InChI=1S/C14H20N2/c1-3-11(2)16-10-12(8-9-15)13-6-4-5-7-14(13)16/h3-7,11-12H,1,8-10,15H2,2H3. The van der Waals surface area contributed by atoms with Crippen molar-refractivity contribution in [2.75, 3.05) is 18.0 Å². The SMILES string of the molecule is C=CC(C)N1CC(CCN)c2ccccc21. The molecule has 0 bridgehead atoms. The molecule has 0 aliphatic carbocycles. The van der Waals surface area contributed by atoms with Gasteiger partial charge in [0, 0.05) is 24.2 Å². The number of nitrogens with two attached hydrogens (primary N) is 1. The molecule has 1 aromatic rings. The maximum absolute atomic E-state index is 5.68. The first-order valence-corrected chi connectivity index (χ1v) is 5.96. The summed E-state index contributed by atoms with van der Waals surface area (Å²) in [6.07, 6.45) is 3.07. The number of nitrogens with zero attached hydrogens (tertiary/aromatic N) is 1. The van der Waals surface area contributed by atoms with Crippen LogP contribution in [0.5, 0.6) is 0 Å². The van der Waals surface area contributed by atoms with Crippen LogP contribution >= 0.6 is 0 Å². The molecule has 1 aromatic carbocycles. The molecule has 0 saturated heterocycles. The number of anilines is 1. The van der Waals surface area contributed by atoms with E-state index in [2.05, 4.69) is 42.7 Å². The number of rotatable bonds is 4. The van der Waals surface area contributed by atoms with Gasteiger partial charge in [0.15, 0.2) is 0 Å². The second-order valence-electron chi connectivity index (χ2n) is 4.46. The van der Waals surface area contributed by atoms with Crippen molar-refractivity contribution in [2.24, 2.45) is 5.73 Å². The fourth-order valence-corrected chi connectivity index (χ4v) is 2.49. The van der Waals surface area contributed by atoms with E-state index >= 15 is 0 Å². The van der Waals surface area contributed by atoms with Crippen LogP contribution in [0.4, 0.5) is 5.69 Å². The summed E-state index contributed by atoms with van der Waals surface area (Å²) in [5.41, 5.74) is 8.48. The Morgan fingerprint density at radius 3 is 3.00 bits per heavy atom. The van der Waals surface area contributed by atoms with E-state index in [4.69, 9.17) is 5.73 Å². The molecule has 1 aliphatic rings. The molecule has 16 heavy (non-hydrogen) atoms. The van der Waals surface area contributed by atoms with Crippen LogP contribution < -0.4 is 10.6 Å². The molecule has 1 heterocycles. The first-order chi connectivity index (χ1) is 7.77. The predicted octanol–water partition coefficient (Wildman–Crippen LogP) is 2.51. The second-order valence-corrected chi connectivity index (χ2v) is 4.46. The molecule has 0 radical (unpaired) electrons. The molecule has 2 N–H and O–H groups in total. The molecule has 2 unspecified atom stereocenters. The van der Waals surface area contributed by atoms with Gasteiger partial charge in [-0.15, -0.1) is 6.58 Å². The van der Waals surface area contributed by atoms with Crippen LogP contribution in [0.2, 0.25) is 0 Å². The molecule has 0 fully saturated rings. The van der Waals surface area contributed by atoms with Gasteiger partial charge in [0.25, 0.3) is 0 Å². The average Bonchev–Trinajstić information content (AvgIpc) is 2.68. The van der Waals surface area contributed by atoms with Crippen molar-refractivity contribution in [3.05, 3.63) is 42.5 Å². The molecule has 2 nitrogen and oxygen atoms in total. The molecule has 2 rings (SSSR count). The number of fused-ring (bicyclic) bond motifs is 1. The van der Waals surface area contributed by atoms with E-state index in [1.165, 1.54) is 11.3 Å². The van der Waals surface area contributed by atoms with Gasteiger partial charge in [-0.25, -0.2) is 0 Å². The summed E-state index contributed by atoms with van der Waals surface area (Å²) in [5.74, 6) is 0.587. The summed E-state index contributed by atoms with van der Waals surface area (Å²) in [6.45, 7) is 7.90. The third kappa shape index (κ3) is 1.85. The maximum Gasteiger partial charge on any atom is 0.0442 e. The van der Waals surface area contributed by atoms with E-state index < -0.39 is 0 Å². The summed E-state index contributed by atoms with van der Waals surface area (Å²) >= 11 is 0. The van der Waals surface area contributed by atoms with E-state index in [1.54, 1.807) is 0 Å². The summed E-state index contributed by atoms with van der Waals surface area (Å²) in [7, 11) is 0. The Labute approximate surface area is 97.8 Å². The van der Waals surface area contributed by atoms with Crippen molar-refractivity contribution in [1.29, 1.82) is 0 Å². The quantitative estimate of drug-likeness (QED) is 0.784. The molecule has 0 amide bonds. The third-order valence-electron chi connectivity index (χ3n) is 3.45. The average molecular weight is 216 g/mol. The van der Waals surface area contributed by atoms with Crippen LogP contribution in [0.1, 0.15) is 24.8 Å². The Hall–Kier alpha value is -1.28. The zero-order valence-corrected chi connectivity index (χ0v) is 9.89. The van der Waals surface area contributed by atoms with Crippen molar-refractivity contribution in [1.82, 2.24) is 0 Å². The number of para-hydroxylation sites is 1. The first-order valence-electron chi connectivity index (χ1n) is 5.96. The lowest BCUT2D eigenvalue weighted by Gasteiger charge is -2.25. The van der Waals surface area contributed by atoms with Gasteiger partial charge in [-0.2, -0.15) is 0 Å². The van der Waals surface area contributed by atoms with Crippen molar-refractivity contribution >= 4 is 5.69 Å².